The van der Waals surface area contributed by atoms with Gasteiger partial charge in [-0.25, -0.2) is 13.2 Å². The zero-order valence-electron chi connectivity index (χ0n) is 6.62. The standard InChI is InChI=1S/C7H6BF3O/c1-12-7-4(10)2-3(9)5(8)6(7)11/h2H,8H2,1H3. The lowest BCUT2D eigenvalue weighted by atomic mass is 9.94. The quantitative estimate of drug-likeness (QED) is 0.559. The van der Waals surface area contributed by atoms with Gasteiger partial charge in [0.25, 0.3) is 0 Å². The summed E-state index contributed by atoms with van der Waals surface area (Å²) in [6.07, 6.45) is 0. The lowest BCUT2D eigenvalue weighted by molar-refractivity contribution is 0.358. The van der Waals surface area contributed by atoms with Crippen LogP contribution in [0.3, 0.4) is 0 Å². The number of rotatable bonds is 1. The summed E-state index contributed by atoms with van der Waals surface area (Å²) < 4.78 is 42.6. The van der Waals surface area contributed by atoms with Crippen molar-refractivity contribution in [3.8, 4) is 5.75 Å². The minimum atomic E-state index is -1.03. The molecule has 0 amide bonds. The normalized spacial score (nSPS) is 10.0. The van der Waals surface area contributed by atoms with Crippen molar-refractivity contribution in [2.24, 2.45) is 0 Å². The molecule has 0 aromatic heterocycles. The monoisotopic (exact) mass is 174 g/mol. The van der Waals surface area contributed by atoms with Crippen molar-refractivity contribution < 1.29 is 17.9 Å². The smallest absolute Gasteiger partial charge is 0.189 e. The lowest BCUT2D eigenvalue weighted by Gasteiger charge is -2.06. The molecule has 0 radical (unpaired) electrons. The topological polar surface area (TPSA) is 9.23 Å². The molecular formula is C7H6BF3O. The first-order chi connectivity index (χ1) is 5.57. The van der Waals surface area contributed by atoms with Gasteiger partial charge in [-0.1, -0.05) is 0 Å². The lowest BCUT2D eigenvalue weighted by Crippen LogP contribution is -2.16. The summed E-state index contributed by atoms with van der Waals surface area (Å²) in [6.45, 7) is 0. The first-order valence-electron chi connectivity index (χ1n) is 3.26. The third kappa shape index (κ3) is 1.26. The van der Waals surface area contributed by atoms with Crippen LogP contribution < -0.4 is 10.2 Å². The van der Waals surface area contributed by atoms with Crippen molar-refractivity contribution in [1.29, 1.82) is 0 Å². The van der Waals surface area contributed by atoms with Crippen molar-refractivity contribution in [2.75, 3.05) is 7.11 Å². The summed E-state index contributed by atoms with van der Waals surface area (Å²) in [5.41, 5.74) is -0.242. The molecule has 0 bridgehead atoms. The molecule has 64 valence electrons. The maximum Gasteiger partial charge on any atom is 0.189 e. The molecule has 0 saturated carbocycles. The van der Waals surface area contributed by atoms with E-state index in [1.807, 2.05) is 0 Å². The molecule has 0 unspecified atom stereocenters. The molecule has 5 heteroatoms. The van der Waals surface area contributed by atoms with Crippen LogP contribution in [-0.4, -0.2) is 15.0 Å². The molecule has 0 heterocycles. The first-order valence-corrected chi connectivity index (χ1v) is 3.26. The molecule has 0 fully saturated rings. The van der Waals surface area contributed by atoms with Crippen LogP contribution in [0, 0.1) is 17.5 Å². The highest BCUT2D eigenvalue weighted by atomic mass is 19.1. The van der Waals surface area contributed by atoms with Crippen LogP contribution in [-0.2, 0) is 0 Å². The highest BCUT2D eigenvalue weighted by molar-refractivity contribution is 6.32. The van der Waals surface area contributed by atoms with E-state index < -0.39 is 23.2 Å². The van der Waals surface area contributed by atoms with Gasteiger partial charge in [0.15, 0.2) is 17.4 Å². The van der Waals surface area contributed by atoms with E-state index in [-0.39, 0.29) is 5.46 Å². The number of halogens is 3. The Morgan fingerprint density at radius 2 is 1.83 bits per heavy atom. The summed E-state index contributed by atoms with van der Waals surface area (Å²) >= 11 is 0. The summed E-state index contributed by atoms with van der Waals surface area (Å²) in [6, 6.07) is 0.594. The summed E-state index contributed by atoms with van der Waals surface area (Å²) in [5, 5.41) is 0. The summed E-state index contributed by atoms with van der Waals surface area (Å²) in [7, 11) is 2.34. The van der Waals surface area contributed by atoms with Gasteiger partial charge in [0, 0.05) is 6.07 Å². The number of methoxy groups -OCH3 is 1. The minimum Gasteiger partial charge on any atom is -0.491 e. The average Bonchev–Trinajstić information content (AvgIpc) is 2.01. The highest BCUT2D eigenvalue weighted by Gasteiger charge is 2.15. The molecular weight excluding hydrogens is 168 g/mol. The van der Waals surface area contributed by atoms with Crippen LogP contribution in [0.15, 0.2) is 6.07 Å². The Hall–Kier alpha value is -1.13. The highest BCUT2D eigenvalue weighted by Crippen LogP contribution is 2.19. The molecule has 1 aromatic rings. The molecule has 0 saturated heterocycles. The zero-order valence-corrected chi connectivity index (χ0v) is 6.62. The zero-order chi connectivity index (χ0) is 9.30. The molecule has 0 spiro atoms. The number of hydrogen-bond acceptors (Lipinski definition) is 1. The van der Waals surface area contributed by atoms with Crippen LogP contribution in [0.5, 0.6) is 5.75 Å². The van der Waals surface area contributed by atoms with E-state index in [0.29, 0.717) is 6.07 Å². The SMILES string of the molecule is Bc1c(F)cc(F)c(OC)c1F. The van der Waals surface area contributed by atoms with Crippen LogP contribution in [0.1, 0.15) is 0 Å². The van der Waals surface area contributed by atoms with Gasteiger partial charge < -0.3 is 4.74 Å². The van der Waals surface area contributed by atoms with Gasteiger partial charge in [-0.15, -0.1) is 0 Å². The minimum absolute atomic E-state index is 0.242. The van der Waals surface area contributed by atoms with E-state index >= 15 is 0 Å². The van der Waals surface area contributed by atoms with Crippen LogP contribution in [0.25, 0.3) is 0 Å². The predicted molar refractivity (Wildman–Crippen MR) is 41.0 cm³/mol. The fraction of sp³-hybridized carbons (Fsp3) is 0.143. The predicted octanol–water partition coefficient (Wildman–Crippen LogP) is 0.371. The second-order valence-electron chi connectivity index (χ2n) is 2.31. The Labute approximate surface area is 68.6 Å². The molecule has 1 aromatic carbocycles. The van der Waals surface area contributed by atoms with Crippen molar-refractivity contribution in [2.45, 2.75) is 0 Å². The van der Waals surface area contributed by atoms with E-state index in [4.69, 9.17) is 0 Å². The van der Waals surface area contributed by atoms with Gasteiger partial charge >= 0.3 is 0 Å². The fourth-order valence-corrected chi connectivity index (χ4v) is 0.852. The first kappa shape index (κ1) is 8.97. The molecule has 0 N–H and O–H groups in total. The third-order valence-electron chi connectivity index (χ3n) is 1.56. The van der Waals surface area contributed by atoms with E-state index in [1.54, 1.807) is 0 Å². The largest absolute Gasteiger partial charge is 0.491 e. The van der Waals surface area contributed by atoms with Gasteiger partial charge in [-0.3, -0.25) is 0 Å². The molecule has 1 rings (SSSR count). The Kier molecular flexibility index (Phi) is 2.31. The number of hydrogen-bond donors (Lipinski definition) is 0. The Balaban J connectivity index is 3.40. The van der Waals surface area contributed by atoms with Crippen molar-refractivity contribution >= 4 is 13.3 Å². The van der Waals surface area contributed by atoms with Crippen LogP contribution >= 0.6 is 0 Å². The Bertz CT molecular complexity index is 314. The molecule has 12 heavy (non-hydrogen) atoms. The van der Waals surface area contributed by atoms with Crippen molar-refractivity contribution in [1.82, 2.24) is 0 Å². The molecule has 0 aliphatic heterocycles. The average molecular weight is 174 g/mol. The maximum atomic E-state index is 12.9. The van der Waals surface area contributed by atoms with E-state index in [0.717, 1.165) is 7.11 Å². The summed E-state index contributed by atoms with van der Waals surface area (Å²) in [5.74, 6) is -3.48. The van der Waals surface area contributed by atoms with Crippen LogP contribution in [0.2, 0.25) is 0 Å². The molecule has 0 atom stereocenters. The Morgan fingerprint density at radius 1 is 1.25 bits per heavy atom. The van der Waals surface area contributed by atoms with Crippen molar-refractivity contribution in [3.05, 3.63) is 23.5 Å². The second kappa shape index (κ2) is 3.09. The molecule has 0 aliphatic rings. The van der Waals surface area contributed by atoms with Gasteiger partial charge in [0.1, 0.15) is 13.7 Å². The maximum absolute atomic E-state index is 12.9. The Morgan fingerprint density at radius 3 is 2.33 bits per heavy atom. The van der Waals surface area contributed by atoms with Crippen molar-refractivity contribution in [3.63, 3.8) is 0 Å². The van der Waals surface area contributed by atoms with E-state index in [2.05, 4.69) is 4.74 Å². The number of ether oxygens (including phenoxy) is 1. The summed E-state index contributed by atoms with van der Waals surface area (Å²) in [4.78, 5) is 0. The number of benzene rings is 1. The fourth-order valence-electron chi connectivity index (χ4n) is 0.852. The van der Waals surface area contributed by atoms with Gasteiger partial charge in [-0.2, -0.15) is 0 Å². The van der Waals surface area contributed by atoms with E-state index in [1.165, 1.54) is 7.85 Å². The third-order valence-corrected chi connectivity index (χ3v) is 1.56. The second-order valence-corrected chi connectivity index (χ2v) is 2.31. The van der Waals surface area contributed by atoms with Gasteiger partial charge in [0.2, 0.25) is 0 Å². The van der Waals surface area contributed by atoms with Gasteiger partial charge in [0.05, 0.1) is 7.11 Å². The van der Waals surface area contributed by atoms with Crippen LogP contribution in [0.4, 0.5) is 13.2 Å². The molecule has 1 nitrogen and oxygen atoms in total. The van der Waals surface area contributed by atoms with Gasteiger partial charge in [-0.05, 0) is 5.46 Å². The van der Waals surface area contributed by atoms with E-state index in [9.17, 15) is 13.2 Å². The molecule has 0 aliphatic carbocycles.